The number of nitrogens with zero attached hydrogens (tertiary/aromatic N) is 1. The second-order valence-corrected chi connectivity index (χ2v) is 4.73. The third-order valence-electron chi connectivity index (χ3n) is 2.72. The van der Waals surface area contributed by atoms with E-state index < -0.39 is 0 Å². The molecule has 0 radical (unpaired) electrons. The summed E-state index contributed by atoms with van der Waals surface area (Å²) in [7, 11) is 0. The fraction of sp³-hybridized carbons (Fsp3) is 0.286. The van der Waals surface area contributed by atoms with Gasteiger partial charge < -0.3 is 10.3 Å². The van der Waals surface area contributed by atoms with Crippen molar-refractivity contribution in [1.82, 2.24) is 15.3 Å². The molecular weight excluding hydrogens is 262 g/mol. The summed E-state index contributed by atoms with van der Waals surface area (Å²) in [6.45, 7) is 0.653. The van der Waals surface area contributed by atoms with Gasteiger partial charge in [0.2, 0.25) is 5.91 Å². The molecule has 100 valence electrons. The summed E-state index contributed by atoms with van der Waals surface area (Å²) >= 11 is 5.87. The van der Waals surface area contributed by atoms with E-state index in [1.165, 1.54) is 0 Å². The summed E-state index contributed by atoms with van der Waals surface area (Å²) in [5.41, 5.74) is 0.927. The number of H-pyrrole nitrogens is 1. The summed E-state index contributed by atoms with van der Waals surface area (Å²) in [6.07, 6.45) is 5.60. The smallest absolute Gasteiger partial charge is 0.224 e. The molecule has 5 heteroatoms. The van der Waals surface area contributed by atoms with Crippen LogP contribution in [0.15, 0.2) is 36.7 Å². The van der Waals surface area contributed by atoms with Crippen LogP contribution in [-0.4, -0.2) is 22.4 Å². The topological polar surface area (TPSA) is 57.8 Å². The SMILES string of the molecule is O=C(Cc1cccc(Cl)c1)NCCCc1ncc[nH]1. The van der Waals surface area contributed by atoms with Crippen LogP contribution >= 0.6 is 11.6 Å². The van der Waals surface area contributed by atoms with Gasteiger partial charge in [-0.1, -0.05) is 23.7 Å². The van der Waals surface area contributed by atoms with Crippen molar-refractivity contribution in [3.8, 4) is 0 Å². The molecule has 0 unspecified atom stereocenters. The van der Waals surface area contributed by atoms with Crippen LogP contribution in [0.25, 0.3) is 0 Å². The number of aromatic nitrogens is 2. The van der Waals surface area contributed by atoms with E-state index in [0.717, 1.165) is 24.2 Å². The van der Waals surface area contributed by atoms with Crippen LogP contribution in [0.5, 0.6) is 0 Å². The third-order valence-corrected chi connectivity index (χ3v) is 2.96. The van der Waals surface area contributed by atoms with Crippen LogP contribution in [-0.2, 0) is 17.6 Å². The number of hydrogen-bond acceptors (Lipinski definition) is 2. The minimum atomic E-state index is 0.0155. The van der Waals surface area contributed by atoms with E-state index >= 15 is 0 Å². The Morgan fingerprint density at radius 3 is 3.05 bits per heavy atom. The minimum Gasteiger partial charge on any atom is -0.356 e. The van der Waals surface area contributed by atoms with Gasteiger partial charge in [-0.25, -0.2) is 4.98 Å². The third kappa shape index (κ3) is 4.75. The number of benzene rings is 1. The average Bonchev–Trinajstić information content (AvgIpc) is 2.88. The van der Waals surface area contributed by atoms with Crippen molar-refractivity contribution in [2.75, 3.05) is 6.54 Å². The molecule has 1 aromatic heterocycles. The Kier molecular flexibility index (Phi) is 4.98. The van der Waals surface area contributed by atoms with Gasteiger partial charge in [-0.2, -0.15) is 0 Å². The summed E-state index contributed by atoms with van der Waals surface area (Å²) in [5, 5.41) is 3.55. The van der Waals surface area contributed by atoms with Gasteiger partial charge in [0.05, 0.1) is 6.42 Å². The van der Waals surface area contributed by atoms with Crippen LogP contribution < -0.4 is 5.32 Å². The highest BCUT2D eigenvalue weighted by Crippen LogP contribution is 2.10. The molecule has 0 atom stereocenters. The molecule has 0 fully saturated rings. The molecule has 1 heterocycles. The fourth-order valence-electron chi connectivity index (χ4n) is 1.81. The number of hydrogen-bond donors (Lipinski definition) is 2. The molecule has 0 saturated carbocycles. The zero-order valence-electron chi connectivity index (χ0n) is 10.5. The molecule has 0 aliphatic heterocycles. The molecule has 2 N–H and O–H groups in total. The van der Waals surface area contributed by atoms with Gasteiger partial charge in [-0.05, 0) is 24.1 Å². The van der Waals surface area contributed by atoms with Gasteiger partial charge in [0.25, 0.3) is 0 Å². The number of halogens is 1. The van der Waals surface area contributed by atoms with Crippen LogP contribution in [0.1, 0.15) is 17.8 Å². The summed E-state index contributed by atoms with van der Waals surface area (Å²) in [6, 6.07) is 7.35. The zero-order chi connectivity index (χ0) is 13.5. The molecule has 0 saturated heterocycles. The maximum atomic E-state index is 11.7. The Balaban J connectivity index is 1.67. The van der Waals surface area contributed by atoms with Crippen molar-refractivity contribution in [1.29, 1.82) is 0 Å². The molecular formula is C14H16ClN3O. The Morgan fingerprint density at radius 2 is 2.32 bits per heavy atom. The fourth-order valence-corrected chi connectivity index (χ4v) is 2.03. The Morgan fingerprint density at radius 1 is 1.42 bits per heavy atom. The summed E-state index contributed by atoms with van der Waals surface area (Å²) in [4.78, 5) is 18.9. The molecule has 0 aliphatic carbocycles. The van der Waals surface area contributed by atoms with Crippen molar-refractivity contribution in [2.45, 2.75) is 19.3 Å². The van der Waals surface area contributed by atoms with E-state index in [1.54, 1.807) is 18.5 Å². The van der Waals surface area contributed by atoms with E-state index in [-0.39, 0.29) is 5.91 Å². The van der Waals surface area contributed by atoms with Crippen molar-refractivity contribution in [3.05, 3.63) is 53.1 Å². The normalized spacial score (nSPS) is 10.4. The lowest BCUT2D eigenvalue weighted by atomic mass is 10.1. The van der Waals surface area contributed by atoms with Crippen LogP contribution in [0.4, 0.5) is 0 Å². The number of imidazole rings is 1. The highest BCUT2D eigenvalue weighted by atomic mass is 35.5. The largest absolute Gasteiger partial charge is 0.356 e. The molecule has 2 rings (SSSR count). The molecule has 0 spiro atoms. The summed E-state index contributed by atoms with van der Waals surface area (Å²) in [5.74, 6) is 0.964. The van der Waals surface area contributed by atoms with E-state index in [0.29, 0.717) is 18.0 Å². The Hall–Kier alpha value is -1.81. The van der Waals surface area contributed by atoms with Gasteiger partial charge in [-0.15, -0.1) is 0 Å². The van der Waals surface area contributed by atoms with Gasteiger partial charge >= 0.3 is 0 Å². The second kappa shape index (κ2) is 6.95. The first kappa shape index (κ1) is 13.6. The van der Waals surface area contributed by atoms with Crippen molar-refractivity contribution >= 4 is 17.5 Å². The maximum absolute atomic E-state index is 11.7. The van der Waals surface area contributed by atoms with Crippen LogP contribution in [0, 0.1) is 0 Å². The van der Waals surface area contributed by atoms with E-state index in [2.05, 4.69) is 15.3 Å². The minimum absolute atomic E-state index is 0.0155. The number of aromatic amines is 1. The van der Waals surface area contributed by atoms with E-state index in [1.807, 2.05) is 18.2 Å². The molecule has 2 aromatic rings. The number of amides is 1. The number of aryl methyl sites for hydroxylation is 1. The molecule has 1 aromatic carbocycles. The number of nitrogens with one attached hydrogen (secondary N) is 2. The highest BCUT2D eigenvalue weighted by molar-refractivity contribution is 6.30. The molecule has 0 bridgehead atoms. The lowest BCUT2D eigenvalue weighted by Gasteiger charge is -2.05. The first-order valence-electron chi connectivity index (χ1n) is 6.23. The Labute approximate surface area is 117 Å². The molecule has 4 nitrogen and oxygen atoms in total. The first-order chi connectivity index (χ1) is 9.24. The lowest BCUT2D eigenvalue weighted by Crippen LogP contribution is -2.26. The maximum Gasteiger partial charge on any atom is 0.224 e. The van der Waals surface area contributed by atoms with Gasteiger partial charge in [0, 0.05) is 30.4 Å². The lowest BCUT2D eigenvalue weighted by molar-refractivity contribution is -0.120. The first-order valence-corrected chi connectivity index (χ1v) is 6.61. The molecule has 1 amide bonds. The number of rotatable bonds is 6. The predicted octanol–water partition coefficient (Wildman–Crippen LogP) is 2.35. The standard InChI is InChI=1S/C14H16ClN3O/c15-12-4-1-3-11(9-12)10-14(19)18-6-2-5-13-16-7-8-17-13/h1,3-4,7-9H,2,5-6,10H2,(H,16,17)(H,18,19). The second-order valence-electron chi connectivity index (χ2n) is 4.30. The van der Waals surface area contributed by atoms with Gasteiger partial charge in [0.1, 0.15) is 5.82 Å². The predicted molar refractivity (Wildman–Crippen MR) is 75.1 cm³/mol. The van der Waals surface area contributed by atoms with Gasteiger partial charge in [-0.3, -0.25) is 4.79 Å². The van der Waals surface area contributed by atoms with Crippen molar-refractivity contribution in [2.24, 2.45) is 0 Å². The molecule has 19 heavy (non-hydrogen) atoms. The van der Waals surface area contributed by atoms with Crippen molar-refractivity contribution < 1.29 is 4.79 Å². The summed E-state index contributed by atoms with van der Waals surface area (Å²) < 4.78 is 0. The van der Waals surface area contributed by atoms with Gasteiger partial charge in [0.15, 0.2) is 0 Å². The highest BCUT2D eigenvalue weighted by Gasteiger charge is 2.03. The monoisotopic (exact) mass is 277 g/mol. The van der Waals surface area contributed by atoms with E-state index in [9.17, 15) is 4.79 Å². The average molecular weight is 278 g/mol. The van der Waals surface area contributed by atoms with Crippen molar-refractivity contribution in [3.63, 3.8) is 0 Å². The quantitative estimate of drug-likeness (QED) is 0.797. The van der Waals surface area contributed by atoms with Crippen LogP contribution in [0.2, 0.25) is 5.02 Å². The zero-order valence-corrected chi connectivity index (χ0v) is 11.3. The van der Waals surface area contributed by atoms with E-state index in [4.69, 9.17) is 11.6 Å². The van der Waals surface area contributed by atoms with Crippen LogP contribution in [0.3, 0.4) is 0 Å². The molecule has 0 aliphatic rings. The Bertz CT molecular complexity index is 525. The number of carbonyl (C=O) groups is 1. The number of carbonyl (C=O) groups excluding carboxylic acids is 1.